The van der Waals surface area contributed by atoms with E-state index in [2.05, 4.69) is 4.99 Å². The molecule has 2 aromatic carbocycles. The molecule has 0 unspecified atom stereocenters. The van der Waals surface area contributed by atoms with E-state index < -0.39 is 15.6 Å². The number of aliphatic imine (C=N–C) groups is 1. The van der Waals surface area contributed by atoms with Crippen molar-refractivity contribution >= 4 is 26.8 Å². The van der Waals surface area contributed by atoms with Crippen molar-refractivity contribution in [3.63, 3.8) is 0 Å². The molecule has 0 aliphatic carbocycles. The predicted molar refractivity (Wildman–Crippen MR) is 98.8 cm³/mol. The summed E-state index contributed by atoms with van der Waals surface area (Å²) in [4.78, 5) is 15.8. The van der Waals surface area contributed by atoms with E-state index in [0.29, 0.717) is 36.3 Å². The van der Waals surface area contributed by atoms with Gasteiger partial charge >= 0.3 is 5.63 Å². The van der Waals surface area contributed by atoms with Gasteiger partial charge in [0, 0.05) is 17.9 Å². The van der Waals surface area contributed by atoms with Crippen molar-refractivity contribution in [2.75, 3.05) is 13.1 Å². The van der Waals surface area contributed by atoms with Gasteiger partial charge in [-0.3, -0.25) is 9.30 Å². The van der Waals surface area contributed by atoms with E-state index in [1.54, 1.807) is 6.07 Å². The quantitative estimate of drug-likeness (QED) is 0.663. The highest BCUT2D eigenvalue weighted by molar-refractivity contribution is 7.89. The SMILES string of the molecule is O=c1ccc2cc(S(=O)(=O)N3CCN=C3Cc3ccccc3)ccc2o1. The number of fused-ring (bicyclic) bond motifs is 1. The Labute approximate surface area is 150 Å². The Morgan fingerprint density at radius 1 is 1.04 bits per heavy atom. The van der Waals surface area contributed by atoms with Crippen molar-refractivity contribution < 1.29 is 12.8 Å². The second-order valence-electron chi connectivity index (χ2n) is 5.99. The van der Waals surface area contributed by atoms with Crippen LogP contribution in [-0.2, 0) is 16.4 Å². The third kappa shape index (κ3) is 3.01. The van der Waals surface area contributed by atoms with Crippen LogP contribution in [0.5, 0.6) is 0 Å². The van der Waals surface area contributed by atoms with Crippen molar-refractivity contribution in [3.8, 4) is 0 Å². The van der Waals surface area contributed by atoms with Crippen LogP contribution >= 0.6 is 0 Å². The summed E-state index contributed by atoms with van der Waals surface area (Å²) in [5, 5.41) is 0.562. The summed E-state index contributed by atoms with van der Waals surface area (Å²) in [6.07, 6.45) is 0.461. The summed E-state index contributed by atoms with van der Waals surface area (Å²) in [7, 11) is -3.73. The van der Waals surface area contributed by atoms with E-state index >= 15 is 0 Å². The van der Waals surface area contributed by atoms with Crippen LogP contribution in [0.15, 0.2) is 79.8 Å². The number of rotatable bonds is 4. The minimum Gasteiger partial charge on any atom is -0.423 e. The van der Waals surface area contributed by atoms with Crippen LogP contribution in [0.25, 0.3) is 11.0 Å². The predicted octanol–water partition coefficient (Wildman–Crippen LogP) is 2.44. The minimum atomic E-state index is -3.73. The minimum absolute atomic E-state index is 0.154. The lowest BCUT2D eigenvalue weighted by Crippen LogP contribution is -2.35. The van der Waals surface area contributed by atoms with Gasteiger partial charge in [-0.1, -0.05) is 30.3 Å². The van der Waals surface area contributed by atoms with E-state index in [0.717, 1.165) is 5.56 Å². The molecule has 0 amide bonds. The molecule has 1 aliphatic rings. The normalized spacial score (nSPS) is 14.6. The zero-order chi connectivity index (χ0) is 18.1. The molecule has 0 fully saturated rings. The maximum absolute atomic E-state index is 13.1. The fourth-order valence-corrected chi connectivity index (χ4v) is 4.49. The van der Waals surface area contributed by atoms with Crippen LogP contribution in [0.2, 0.25) is 0 Å². The van der Waals surface area contributed by atoms with E-state index in [1.165, 1.54) is 28.6 Å². The van der Waals surface area contributed by atoms with Gasteiger partial charge in [0.1, 0.15) is 11.4 Å². The second kappa shape index (κ2) is 6.42. The summed E-state index contributed by atoms with van der Waals surface area (Å²) in [5.74, 6) is 0.538. The number of nitrogens with zero attached hydrogens (tertiary/aromatic N) is 2. The first kappa shape index (κ1) is 16.5. The first-order valence-electron chi connectivity index (χ1n) is 8.18. The molecule has 1 aromatic heterocycles. The number of hydrogen-bond donors (Lipinski definition) is 0. The highest BCUT2D eigenvalue weighted by Crippen LogP contribution is 2.24. The van der Waals surface area contributed by atoms with Crippen LogP contribution in [0.1, 0.15) is 5.56 Å². The topological polar surface area (TPSA) is 80.0 Å². The van der Waals surface area contributed by atoms with Crippen LogP contribution < -0.4 is 5.63 Å². The van der Waals surface area contributed by atoms with Crippen LogP contribution in [0.3, 0.4) is 0 Å². The van der Waals surface area contributed by atoms with Crippen molar-refractivity contribution in [2.24, 2.45) is 4.99 Å². The number of sulfonamides is 1. The Bertz CT molecular complexity index is 1150. The van der Waals surface area contributed by atoms with Gasteiger partial charge in [0.05, 0.1) is 18.0 Å². The number of benzene rings is 2. The average Bonchev–Trinajstić information content (AvgIpc) is 3.11. The molecular weight excluding hydrogens is 352 g/mol. The molecule has 7 heteroatoms. The maximum atomic E-state index is 13.1. The van der Waals surface area contributed by atoms with E-state index in [4.69, 9.17) is 4.42 Å². The molecule has 4 rings (SSSR count). The summed E-state index contributed by atoms with van der Waals surface area (Å²) in [6, 6.07) is 17.0. The summed E-state index contributed by atoms with van der Waals surface area (Å²) < 4.78 is 32.6. The van der Waals surface area contributed by atoms with E-state index in [9.17, 15) is 13.2 Å². The van der Waals surface area contributed by atoms with Gasteiger partial charge in [-0.2, -0.15) is 0 Å². The zero-order valence-corrected chi connectivity index (χ0v) is 14.6. The third-order valence-corrected chi connectivity index (χ3v) is 6.09. The smallest absolute Gasteiger partial charge is 0.336 e. The molecule has 0 radical (unpaired) electrons. The average molecular weight is 368 g/mol. The number of amidine groups is 1. The molecular formula is C19H16N2O4S. The lowest BCUT2D eigenvalue weighted by Gasteiger charge is -2.20. The van der Waals surface area contributed by atoms with Crippen molar-refractivity contribution in [1.82, 2.24) is 4.31 Å². The first-order chi connectivity index (χ1) is 12.5. The molecule has 3 aromatic rings. The molecule has 0 spiro atoms. The molecule has 2 heterocycles. The van der Waals surface area contributed by atoms with E-state index in [1.807, 2.05) is 30.3 Å². The Morgan fingerprint density at radius 2 is 1.85 bits per heavy atom. The Balaban J connectivity index is 1.68. The summed E-state index contributed by atoms with van der Waals surface area (Å²) in [5.41, 5.74) is 0.898. The van der Waals surface area contributed by atoms with Crippen LogP contribution in [-0.4, -0.2) is 31.6 Å². The summed E-state index contributed by atoms with van der Waals surface area (Å²) in [6.45, 7) is 0.774. The van der Waals surface area contributed by atoms with E-state index in [-0.39, 0.29) is 4.90 Å². The highest BCUT2D eigenvalue weighted by Gasteiger charge is 2.30. The molecule has 26 heavy (non-hydrogen) atoms. The molecule has 132 valence electrons. The molecule has 0 saturated carbocycles. The van der Waals surface area contributed by atoms with Crippen molar-refractivity contribution in [1.29, 1.82) is 0 Å². The molecule has 6 nitrogen and oxygen atoms in total. The van der Waals surface area contributed by atoms with Gasteiger partial charge in [0.2, 0.25) is 0 Å². The van der Waals surface area contributed by atoms with Crippen LogP contribution in [0, 0.1) is 0 Å². The lowest BCUT2D eigenvalue weighted by molar-refractivity contribution is 0.535. The Morgan fingerprint density at radius 3 is 2.65 bits per heavy atom. The standard InChI is InChI=1S/C19H16N2O4S/c22-19-9-6-15-13-16(7-8-17(15)25-19)26(23,24)21-11-10-20-18(21)12-14-4-2-1-3-5-14/h1-9,13H,10-12H2. The molecule has 1 aliphatic heterocycles. The van der Waals surface area contributed by atoms with Crippen molar-refractivity contribution in [3.05, 3.63) is 76.6 Å². The largest absolute Gasteiger partial charge is 0.423 e. The van der Waals surface area contributed by atoms with Crippen molar-refractivity contribution in [2.45, 2.75) is 11.3 Å². The molecule has 0 saturated heterocycles. The molecule has 0 atom stereocenters. The first-order valence-corrected chi connectivity index (χ1v) is 9.62. The fourth-order valence-electron chi connectivity index (χ4n) is 3.00. The van der Waals surface area contributed by atoms with Gasteiger partial charge in [0.25, 0.3) is 10.0 Å². The third-order valence-electron chi connectivity index (χ3n) is 4.27. The summed E-state index contributed by atoms with van der Waals surface area (Å²) >= 11 is 0. The van der Waals surface area contributed by atoms with Gasteiger partial charge in [-0.15, -0.1) is 0 Å². The molecule has 0 N–H and O–H groups in total. The zero-order valence-electron chi connectivity index (χ0n) is 13.8. The number of hydrogen-bond acceptors (Lipinski definition) is 5. The maximum Gasteiger partial charge on any atom is 0.336 e. The van der Waals surface area contributed by atoms with Gasteiger partial charge < -0.3 is 4.42 Å². The Kier molecular flexibility index (Phi) is 4.08. The lowest BCUT2D eigenvalue weighted by atomic mass is 10.1. The highest BCUT2D eigenvalue weighted by atomic mass is 32.2. The monoisotopic (exact) mass is 368 g/mol. The second-order valence-corrected chi connectivity index (χ2v) is 7.85. The van der Waals surface area contributed by atoms with Gasteiger partial charge in [-0.25, -0.2) is 13.2 Å². The van der Waals surface area contributed by atoms with Gasteiger partial charge in [0.15, 0.2) is 0 Å². The molecule has 0 bridgehead atoms. The van der Waals surface area contributed by atoms with Gasteiger partial charge in [-0.05, 0) is 29.8 Å². The van der Waals surface area contributed by atoms with Crippen LogP contribution in [0.4, 0.5) is 0 Å². The Hall–Kier alpha value is -2.93. The fraction of sp³-hybridized carbons (Fsp3) is 0.158.